The Kier molecular flexibility index (Phi) is 8.01. The van der Waals surface area contributed by atoms with Crippen molar-refractivity contribution in [2.75, 3.05) is 17.7 Å². The molecule has 2 heterocycles. The summed E-state index contributed by atoms with van der Waals surface area (Å²) in [5.74, 6) is 0.733. The molecule has 1 aliphatic heterocycles. The van der Waals surface area contributed by atoms with Gasteiger partial charge in [0.15, 0.2) is 11.0 Å². The summed E-state index contributed by atoms with van der Waals surface area (Å²) in [6.07, 6.45) is 2.23. The Morgan fingerprint density at radius 1 is 1.21 bits per heavy atom. The number of carbonyl (C=O) groups is 1. The van der Waals surface area contributed by atoms with Crippen LogP contribution in [0.5, 0.6) is 0 Å². The molecule has 1 N–H and O–H groups in total. The molecule has 0 aliphatic carbocycles. The molecule has 174 valence electrons. The van der Waals surface area contributed by atoms with Crippen LogP contribution in [0.15, 0.2) is 53.7 Å². The molecule has 1 unspecified atom stereocenters. The molecule has 4 rings (SSSR count). The quantitative estimate of drug-likeness (QED) is 0.348. The van der Waals surface area contributed by atoms with Crippen LogP contribution in [0.1, 0.15) is 35.4 Å². The van der Waals surface area contributed by atoms with Crippen molar-refractivity contribution in [3.63, 3.8) is 0 Å². The Hall–Kier alpha value is -2.84. The van der Waals surface area contributed by atoms with Crippen LogP contribution >= 0.6 is 11.8 Å². The second-order valence-corrected chi connectivity index (χ2v) is 9.19. The van der Waals surface area contributed by atoms with E-state index in [0.717, 1.165) is 36.5 Å². The van der Waals surface area contributed by atoms with Gasteiger partial charge in [0.25, 0.3) is 0 Å². The molecule has 2 aromatic carbocycles. The van der Waals surface area contributed by atoms with E-state index in [-0.39, 0.29) is 24.4 Å². The van der Waals surface area contributed by atoms with Crippen LogP contribution in [0.2, 0.25) is 0 Å². The maximum absolute atomic E-state index is 12.3. The van der Waals surface area contributed by atoms with E-state index in [1.165, 1.54) is 22.9 Å². The molecule has 0 saturated carbocycles. The molecule has 1 saturated heterocycles. The molecule has 1 aliphatic rings. The Morgan fingerprint density at radius 2 is 2.06 bits per heavy atom. The molecule has 7 nitrogen and oxygen atoms in total. The zero-order valence-electron chi connectivity index (χ0n) is 19.1. The van der Waals surface area contributed by atoms with Gasteiger partial charge in [0, 0.05) is 12.3 Å². The van der Waals surface area contributed by atoms with Crippen LogP contribution in [0, 0.1) is 13.8 Å². The van der Waals surface area contributed by atoms with E-state index in [1.54, 1.807) is 0 Å². The number of hydrogen-bond donors (Lipinski definition) is 1. The van der Waals surface area contributed by atoms with Crippen molar-refractivity contribution < 1.29 is 14.3 Å². The number of aromatic nitrogens is 3. The van der Waals surface area contributed by atoms with Crippen LogP contribution in [-0.2, 0) is 34.0 Å². The predicted molar refractivity (Wildman–Crippen MR) is 129 cm³/mol. The first-order valence-electron chi connectivity index (χ1n) is 11.3. The van der Waals surface area contributed by atoms with Crippen LogP contribution in [0.3, 0.4) is 0 Å². The Morgan fingerprint density at radius 3 is 2.82 bits per heavy atom. The van der Waals surface area contributed by atoms with Crippen molar-refractivity contribution in [1.29, 1.82) is 0 Å². The molecule has 0 bridgehead atoms. The first kappa shape index (κ1) is 23.3. The lowest BCUT2D eigenvalue weighted by Crippen LogP contribution is -2.19. The molecule has 0 spiro atoms. The molecule has 1 fully saturated rings. The predicted octanol–water partition coefficient (Wildman–Crippen LogP) is 4.52. The maximum atomic E-state index is 12.3. The fraction of sp³-hybridized carbons (Fsp3) is 0.400. The number of anilines is 1. The van der Waals surface area contributed by atoms with E-state index < -0.39 is 0 Å². The second-order valence-electron chi connectivity index (χ2n) is 8.25. The van der Waals surface area contributed by atoms with Crippen molar-refractivity contribution in [1.82, 2.24) is 14.8 Å². The molecule has 33 heavy (non-hydrogen) atoms. The first-order chi connectivity index (χ1) is 16.1. The van der Waals surface area contributed by atoms with Gasteiger partial charge in [-0.05, 0) is 43.9 Å². The van der Waals surface area contributed by atoms with Gasteiger partial charge in [0.1, 0.15) is 6.61 Å². The molecule has 3 aromatic rings. The van der Waals surface area contributed by atoms with Gasteiger partial charge in [0.05, 0.1) is 24.9 Å². The monoisotopic (exact) mass is 466 g/mol. The van der Waals surface area contributed by atoms with Crippen molar-refractivity contribution >= 4 is 23.4 Å². The Balaban J connectivity index is 1.39. The topological polar surface area (TPSA) is 78.3 Å². The van der Waals surface area contributed by atoms with E-state index in [0.29, 0.717) is 18.2 Å². The summed E-state index contributed by atoms with van der Waals surface area (Å²) < 4.78 is 13.3. The average molecular weight is 467 g/mol. The van der Waals surface area contributed by atoms with Crippen LogP contribution in [-0.4, -0.2) is 39.2 Å². The highest BCUT2D eigenvalue weighted by Crippen LogP contribution is 2.23. The summed E-state index contributed by atoms with van der Waals surface area (Å²) >= 11 is 1.35. The van der Waals surface area contributed by atoms with Gasteiger partial charge >= 0.3 is 5.97 Å². The van der Waals surface area contributed by atoms with E-state index >= 15 is 0 Å². The summed E-state index contributed by atoms with van der Waals surface area (Å²) in [4.78, 5) is 12.3. The highest BCUT2D eigenvalue weighted by molar-refractivity contribution is 7.99. The Bertz CT molecular complexity index is 1060. The van der Waals surface area contributed by atoms with Crippen molar-refractivity contribution in [3.8, 4) is 0 Å². The lowest BCUT2D eigenvalue weighted by molar-refractivity contribution is -0.141. The number of nitrogens with zero attached hydrogens (tertiary/aromatic N) is 3. The zero-order valence-corrected chi connectivity index (χ0v) is 19.9. The maximum Gasteiger partial charge on any atom is 0.316 e. The third kappa shape index (κ3) is 6.58. The summed E-state index contributed by atoms with van der Waals surface area (Å²) in [6, 6.07) is 16.0. The van der Waals surface area contributed by atoms with E-state index in [9.17, 15) is 4.79 Å². The van der Waals surface area contributed by atoms with Gasteiger partial charge in [-0.2, -0.15) is 0 Å². The lowest BCUT2D eigenvalue weighted by atomic mass is 10.1. The summed E-state index contributed by atoms with van der Waals surface area (Å²) in [6.45, 7) is 6.46. The number of thioether (sulfide) groups is 1. The molecule has 8 heteroatoms. The number of aryl methyl sites for hydroxylation is 2. The SMILES string of the molecule is Cc1ccc(NCc2nnc(SCC(=O)OCc3ccccc3)n2CC2CCCO2)c(C)c1. The third-order valence-electron chi connectivity index (χ3n) is 5.58. The summed E-state index contributed by atoms with van der Waals surface area (Å²) in [5, 5.41) is 13.0. The van der Waals surface area contributed by atoms with Gasteiger partial charge in [-0.25, -0.2) is 0 Å². The number of carbonyl (C=O) groups excluding carboxylic acids is 1. The number of rotatable bonds is 10. The largest absolute Gasteiger partial charge is 0.460 e. The summed E-state index contributed by atoms with van der Waals surface area (Å²) in [7, 11) is 0. The number of hydrogen-bond acceptors (Lipinski definition) is 7. The fourth-order valence-corrected chi connectivity index (χ4v) is 4.59. The minimum Gasteiger partial charge on any atom is -0.460 e. The zero-order chi connectivity index (χ0) is 23.0. The minimum atomic E-state index is -0.273. The van der Waals surface area contributed by atoms with Crippen LogP contribution < -0.4 is 5.32 Å². The third-order valence-corrected chi connectivity index (χ3v) is 6.52. The van der Waals surface area contributed by atoms with Gasteiger partial charge < -0.3 is 19.4 Å². The molecule has 0 radical (unpaired) electrons. The van der Waals surface area contributed by atoms with E-state index in [1.807, 2.05) is 30.3 Å². The number of benzene rings is 2. The van der Waals surface area contributed by atoms with E-state index in [4.69, 9.17) is 9.47 Å². The van der Waals surface area contributed by atoms with Gasteiger partial charge in [-0.1, -0.05) is 59.8 Å². The fourth-order valence-electron chi connectivity index (χ4n) is 3.82. The van der Waals surface area contributed by atoms with E-state index in [2.05, 4.69) is 52.1 Å². The van der Waals surface area contributed by atoms with Gasteiger partial charge in [-0.15, -0.1) is 10.2 Å². The number of ether oxygens (including phenoxy) is 2. The standard InChI is InChI=1S/C25H30N4O3S/c1-18-10-11-22(19(2)13-18)26-14-23-27-28-25(29(23)15-21-9-6-12-31-21)33-17-24(30)32-16-20-7-4-3-5-8-20/h3-5,7-8,10-11,13,21,26H,6,9,12,14-17H2,1-2H3. The smallest absolute Gasteiger partial charge is 0.316 e. The van der Waals surface area contributed by atoms with Crippen molar-refractivity contribution in [2.45, 2.75) is 57.6 Å². The molecule has 0 amide bonds. The van der Waals surface area contributed by atoms with Crippen LogP contribution in [0.25, 0.3) is 0 Å². The van der Waals surface area contributed by atoms with Crippen LogP contribution in [0.4, 0.5) is 5.69 Å². The molecular formula is C25H30N4O3S. The van der Waals surface area contributed by atoms with Gasteiger partial charge in [0.2, 0.25) is 0 Å². The first-order valence-corrected chi connectivity index (χ1v) is 12.2. The molecule has 1 aromatic heterocycles. The second kappa shape index (κ2) is 11.3. The highest BCUT2D eigenvalue weighted by atomic mass is 32.2. The number of nitrogens with one attached hydrogen (secondary N) is 1. The summed E-state index contributed by atoms with van der Waals surface area (Å²) in [5.41, 5.74) is 4.47. The van der Waals surface area contributed by atoms with Crippen molar-refractivity contribution in [2.24, 2.45) is 0 Å². The molecule has 1 atom stereocenters. The number of esters is 1. The highest BCUT2D eigenvalue weighted by Gasteiger charge is 2.21. The lowest BCUT2D eigenvalue weighted by Gasteiger charge is -2.16. The minimum absolute atomic E-state index is 0.144. The van der Waals surface area contributed by atoms with Gasteiger partial charge in [-0.3, -0.25) is 4.79 Å². The normalized spacial score (nSPS) is 15.5. The molecular weight excluding hydrogens is 436 g/mol. The Labute approximate surface area is 198 Å². The average Bonchev–Trinajstić information content (AvgIpc) is 3.47. The van der Waals surface area contributed by atoms with Crippen molar-refractivity contribution in [3.05, 3.63) is 71.0 Å².